The van der Waals surface area contributed by atoms with Crippen molar-refractivity contribution in [2.45, 2.75) is 12.8 Å². The normalized spacial score (nSPS) is 11.0. The van der Waals surface area contributed by atoms with Crippen LogP contribution in [0.15, 0.2) is 36.7 Å². The van der Waals surface area contributed by atoms with Gasteiger partial charge in [-0.25, -0.2) is 9.97 Å². The molecule has 2 heterocycles. The van der Waals surface area contributed by atoms with Crippen LogP contribution in [0.3, 0.4) is 0 Å². The summed E-state index contributed by atoms with van der Waals surface area (Å²) in [5.74, 6) is 0.393. The molecule has 3 aromatic rings. The molecule has 0 saturated heterocycles. The summed E-state index contributed by atoms with van der Waals surface area (Å²) in [6.07, 6.45) is 1.54. The average molecular weight is 258 g/mol. The Morgan fingerprint density at radius 1 is 1.17 bits per heavy atom. The quantitative estimate of drug-likeness (QED) is 0.712. The average Bonchev–Trinajstić information content (AvgIpc) is 2.83. The molecule has 0 saturated carbocycles. The number of aromatic nitrogens is 3. The number of aryl methyl sites for hydroxylation is 1. The molecule has 4 heteroatoms. The summed E-state index contributed by atoms with van der Waals surface area (Å²) in [5.41, 5.74) is 5.11. The highest BCUT2D eigenvalue weighted by Crippen LogP contribution is 2.25. The molecule has 90 valence electrons. The number of hydrogen-bond acceptors (Lipinski definition) is 2. The van der Waals surface area contributed by atoms with Crippen LogP contribution in [0, 0.1) is 6.92 Å². The zero-order valence-electron chi connectivity index (χ0n) is 9.94. The van der Waals surface area contributed by atoms with Crippen molar-refractivity contribution >= 4 is 22.6 Å². The molecule has 0 unspecified atom stereocenters. The van der Waals surface area contributed by atoms with Crippen LogP contribution in [0.1, 0.15) is 11.3 Å². The number of halogens is 1. The van der Waals surface area contributed by atoms with E-state index in [1.165, 1.54) is 11.9 Å². The fourth-order valence-electron chi connectivity index (χ4n) is 1.99. The highest BCUT2D eigenvalue weighted by Gasteiger charge is 2.08. The van der Waals surface area contributed by atoms with Crippen molar-refractivity contribution in [1.82, 2.24) is 15.0 Å². The van der Waals surface area contributed by atoms with Gasteiger partial charge in [-0.05, 0) is 18.6 Å². The topological polar surface area (TPSA) is 41.6 Å². The maximum atomic E-state index is 5.88. The lowest BCUT2D eigenvalue weighted by atomic mass is 10.1. The minimum absolute atomic E-state index is 0.393. The molecule has 0 bridgehead atoms. The molecule has 3 rings (SSSR count). The Kier molecular flexibility index (Phi) is 2.76. The molecular formula is C14H12ClN3. The largest absolute Gasteiger partial charge is 0.339 e. The standard InChI is InChI=1S/C14H12ClN3/c1-9-2-4-10(5-3-9)12-6-11-13(7-15)16-8-17-14(11)18-12/h2-6,8H,7H2,1H3,(H,16,17,18). The summed E-state index contributed by atoms with van der Waals surface area (Å²) in [6.45, 7) is 2.08. The molecule has 2 aromatic heterocycles. The zero-order chi connectivity index (χ0) is 12.5. The zero-order valence-corrected chi connectivity index (χ0v) is 10.7. The highest BCUT2D eigenvalue weighted by atomic mass is 35.5. The van der Waals surface area contributed by atoms with Gasteiger partial charge in [0.05, 0.1) is 11.6 Å². The number of hydrogen-bond donors (Lipinski definition) is 1. The van der Waals surface area contributed by atoms with Gasteiger partial charge >= 0.3 is 0 Å². The number of H-pyrrole nitrogens is 1. The van der Waals surface area contributed by atoms with Gasteiger partial charge in [0.2, 0.25) is 0 Å². The molecule has 0 fully saturated rings. The maximum Gasteiger partial charge on any atom is 0.141 e. The van der Waals surface area contributed by atoms with Crippen molar-refractivity contribution in [3.05, 3.63) is 47.9 Å². The Morgan fingerprint density at radius 2 is 1.94 bits per heavy atom. The van der Waals surface area contributed by atoms with Gasteiger partial charge in [0.25, 0.3) is 0 Å². The van der Waals surface area contributed by atoms with E-state index < -0.39 is 0 Å². The van der Waals surface area contributed by atoms with Crippen molar-refractivity contribution < 1.29 is 0 Å². The van der Waals surface area contributed by atoms with Gasteiger partial charge in [-0.1, -0.05) is 29.8 Å². The molecule has 0 atom stereocenters. The predicted molar refractivity (Wildman–Crippen MR) is 73.6 cm³/mol. The van der Waals surface area contributed by atoms with E-state index in [1.54, 1.807) is 0 Å². The van der Waals surface area contributed by atoms with E-state index in [-0.39, 0.29) is 0 Å². The Hall–Kier alpha value is -1.87. The third-order valence-corrected chi connectivity index (χ3v) is 3.25. The van der Waals surface area contributed by atoms with Gasteiger partial charge in [0.1, 0.15) is 12.0 Å². The van der Waals surface area contributed by atoms with E-state index in [9.17, 15) is 0 Å². The molecule has 3 nitrogen and oxygen atoms in total. The number of nitrogens with one attached hydrogen (secondary N) is 1. The number of benzene rings is 1. The van der Waals surface area contributed by atoms with Gasteiger partial charge in [-0.2, -0.15) is 0 Å². The number of rotatable bonds is 2. The molecule has 0 radical (unpaired) electrons. The van der Waals surface area contributed by atoms with Crippen LogP contribution in [0.2, 0.25) is 0 Å². The first kappa shape index (κ1) is 11.2. The van der Waals surface area contributed by atoms with E-state index in [1.807, 2.05) is 0 Å². The fraction of sp³-hybridized carbons (Fsp3) is 0.143. The van der Waals surface area contributed by atoms with Crippen LogP contribution in [-0.4, -0.2) is 15.0 Å². The first-order valence-electron chi connectivity index (χ1n) is 5.73. The van der Waals surface area contributed by atoms with Crippen LogP contribution in [0.5, 0.6) is 0 Å². The molecule has 0 amide bonds. The van der Waals surface area contributed by atoms with Crippen molar-refractivity contribution in [2.75, 3.05) is 0 Å². The molecule has 18 heavy (non-hydrogen) atoms. The van der Waals surface area contributed by atoms with Crippen LogP contribution in [0.25, 0.3) is 22.3 Å². The highest BCUT2D eigenvalue weighted by molar-refractivity contribution is 6.17. The van der Waals surface area contributed by atoms with Gasteiger partial charge in [-0.3, -0.25) is 0 Å². The molecule has 1 aromatic carbocycles. The minimum Gasteiger partial charge on any atom is -0.339 e. The molecule has 0 aliphatic carbocycles. The van der Waals surface area contributed by atoms with Gasteiger partial charge in [-0.15, -0.1) is 11.6 Å². The fourth-order valence-corrected chi connectivity index (χ4v) is 2.20. The SMILES string of the molecule is Cc1ccc(-c2cc3c(CCl)ncnc3[nH]2)cc1. The van der Waals surface area contributed by atoms with Crippen LogP contribution < -0.4 is 0 Å². The Morgan fingerprint density at radius 3 is 2.67 bits per heavy atom. The summed E-state index contributed by atoms with van der Waals surface area (Å²) in [4.78, 5) is 11.7. The molecular weight excluding hydrogens is 246 g/mol. The van der Waals surface area contributed by atoms with E-state index in [4.69, 9.17) is 11.6 Å². The van der Waals surface area contributed by atoms with Crippen LogP contribution >= 0.6 is 11.6 Å². The summed E-state index contributed by atoms with van der Waals surface area (Å²) in [6, 6.07) is 10.4. The molecule has 0 aliphatic heterocycles. The van der Waals surface area contributed by atoms with E-state index in [0.29, 0.717) is 5.88 Å². The third-order valence-electron chi connectivity index (χ3n) is 3.00. The monoisotopic (exact) mass is 257 g/mol. The summed E-state index contributed by atoms with van der Waals surface area (Å²) in [7, 11) is 0. The molecule has 0 aliphatic rings. The Balaban J connectivity index is 2.16. The first-order chi connectivity index (χ1) is 8.78. The number of fused-ring (bicyclic) bond motifs is 1. The van der Waals surface area contributed by atoms with Crippen molar-refractivity contribution in [3.63, 3.8) is 0 Å². The van der Waals surface area contributed by atoms with Crippen molar-refractivity contribution in [1.29, 1.82) is 0 Å². The lowest BCUT2D eigenvalue weighted by molar-refractivity contribution is 1.12. The lowest BCUT2D eigenvalue weighted by Crippen LogP contribution is -1.87. The number of alkyl halides is 1. The predicted octanol–water partition coefficient (Wildman–Crippen LogP) is 3.67. The van der Waals surface area contributed by atoms with Gasteiger partial charge < -0.3 is 4.98 Å². The van der Waals surface area contributed by atoms with E-state index in [2.05, 4.69) is 52.2 Å². The minimum atomic E-state index is 0.393. The first-order valence-corrected chi connectivity index (χ1v) is 6.27. The third kappa shape index (κ3) is 1.87. The van der Waals surface area contributed by atoms with Crippen molar-refractivity contribution in [3.8, 4) is 11.3 Å². The Labute approximate surface area is 110 Å². The number of aromatic amines is 1. The van der Waals surface area contributed by atoms with Crippen molar-refractivity contribution in [2.24, 2.45) is 0 Å². The molecule has 1 N–H and O–H groups in total. The van der Waals surface area contributed by atoms with Crippen LogP contribution in [-0.2, 0) is 5.88 Å². The Bertz CT molecular complexity index is 686. The summed E-state index contributed by atoms with van der Waals surface area (Å²) >= 11 is 5.88. The van der Waals surface area contributed by atoms with E-state index >= 15 is 0 Å². The van der Waals surface area contributed by atoms with Gasteiger partial charge in [0, 0.05) is 11.1 Å². The number of nitrogens with zero attached hydrogens (tertiary/aromatic N) is 2. The maximum absolute atomic E-state index is 5.88. The van der Waals surface area contributed by atoms with E-state index in [0.717, 1.165) is 28.0 Å². The second kappa shape index (κ2) is 4.42. The smallest absolute Gasteiger partial charge is 0.141 e. The second-order valence-corrected chi connectivity index (χ2v) is 4.53. The second-order valence-electron chi connectivity index (χ2n) is 4.27. The molecule has 0 spiro atoms. The summed E-state index contributed by atoms with van der Waals surface area (Å²) < 4.78 is 0. The van der Waals surface area contributed by atoms with Crippen LogP contribution in [0.4, 0.5) is 0 Å². The lowest BCUT2D eigenvalue weighted by Gasteiger charge is -1.97. The van der Waals surface area contributed by atoms with Gasteiger partial charge in [0.15, 0.2) is 0 Å². The summed E-state index contributed by atoms with van der Waals surface area (Å²) in [5, 5.41) is 0.989.